The molecule has 0 unspecified atom stereocenters. The molecule has 2 aromatic rings. The number of fused-ring (bicyclic) bond motifs is 1. The lowest BCUT2D eigenvalue weighted by molar-refractivity contribution is -0.114. The summed E-state index contributed by atoms with van der Waals surface area (Å²) in [6, 6.07) is 7.66. The van der Waals surface area contributed by atoms with Crippen LogP contribution < -0.4 is 11.1 Å². The molecule has 0 amide bonds. The summed E-state index contributed by atoms with van der Waals surface area (Å²) in [5.74, 6) is 1.35. The van der Waals surface area contributed by atoms with Gasteiger partial charge in [0.2, 0.25) is 5.95 Å². The number of ketones is 1. The van der Waals surface area contributed by atoms with E-state index in [0.717, 1.165) is 42.9 Å². The number of carbonyl (C=O) groups excluding carboxylic acids is 1. The van der Waals surface area contributed by atoms with Gasteiger partial charge in [-0.25, -0.2) is 4.98 Å². The Bertz CT molecular complexity index is 859. The number of nitrogens with one attached hydrogen (secondary N) is 1. The number of anilines is 3. The maximum atomic E-state index is 12.8. The summed E-state index contributed by atoms with van der Waals surface area (Å²) in [5, 5.41) is 3.20. The van der Waals surface area contributed by atoms with Crippen LogP contribution in [0.3, 0.4) is 0 Å². The number of hydrogen-bond acceptors (Lipinski definition) is 7. The van der Waals surface area contributed by atoms with Crippen molar-refractivity contribution in [2.24, 2.45) is 10.9 Å². The van der Waals surface area contributed by atoms with Crippen LogP contribution in [0.4, 0.5) is 17.5 Å². The zero-order valence-electron chi connectivity index (χ0n) is 14.4. The standard InChI is InChI=1S/C19H21N5O2/c20-19-21-6-3-17(24-19)23-14-2-1-13-11-22-18(15(13)10-14)16(25)9-12-4-7-26-8-5-12/h1-3,6,10,12H,4-5,7-9,11H2,(H3,20,21,23,24). The average Bonchev–Trinajstić information content (AvgIpc) is 3.06. The molecule has 0 aliphatic carbocycles. The van der Waals surface area contributed by atoms with Gasteiger partial charge in [0.1, 0.15) is 11.5 Å². The fraction of sp³-hybridized carbons (Fsp3) is 0.368. The molecule has 7 heteroatoms. The number of aromatic nitrogens is 2. The molecular formula is C19H21N5O2. The Morgan fingerprint density at radius 3 is 2.92 bits per heavy atom. The molecule has 134 valence electrons. The van der Waals surface area contributed by atoms with Crippen LogP contribution >= 0.6 is 0 Å². The summed E-state index contributed by atoms with van der Waals surface area (Å²) in [4.78, 5) is 25.3. The number of nitrogen functional groups attached to an aromatic ring is 1. The summed E-state index contributed by atoms with van der Waals surface area (Å²) in [7, 11) is 0. The van der Waals surface area contributed by atoms with E-state index >= 15 is 0 Å². The van der Waals surface area contributed by atoms with Gasteiger partial charge >= 0.3 is 0 Å². The molecule has 0 radical (unpaired) electrons. The number of ether oxygens (including phenoxy) is 1. The maximum absolute atomic E-state index is 12.8. The van der Waals surface area contributed by atoms with Gasteiger partial charge in [-0.15, -0.1) is 0 Å². The van der Waals surface area contributed by atoms with Gasteiger partial charge in [-0.2, -0.15) is 4.98 Å². The van der Waals surface area contributed by atoms with E-state index in [1.165, 1.54) is 0 Å². The van der Waals surface area contributed by atoms with Crippen molar-refractivity contribution >= 4 is 28.9 Å². The highest BCUT2D eigenvalue weighted by molar-refractivity contribution is 6.47. The molecule has 26 heavy (non-hydrogen) atoms. The van der Waals surface area contributed by atoms with Crippen LogP contribution in [0, 0.1) is 5.92 Å². The van der Waals surface area contributed by atoms with E-state index in [-0.39, 0.29) is 11.7 Å². The van der Waals surface area contributed by atoms with Crippen LogP contribution in [0.2, 0.25) is 0 Å². The summed E-state index contributed by atoms with van der Waals surface area (Å²) < 4.78 is 5.37. The zero-order valence-corrected chi connectivity index (χ0v) is 14.4. The predicted molar refractivity (Wildman–Crippen MR) is 99.6 cm³/mol. The molecule has 1 fully saturated rings. The van der Waals surface area contributed by atoms with Gasteiger partial charge in [-0.1, -0.05) is 6.07 Å². The van der Waals surface area contributed by atoms with Gasteiger partial charge in [0.05, 0.1) is 6.54 Å². The Hall–Kier alpha value is -2.80. The van der Waals surface area contributed by atoms with Crippen molar-refractivity contribution in [1.82, 2.24) is 9.97 Å². The second-order valence-electron chi connectivity index (χ2n) is 6.64. The molecule has 2 aliphatic heterocycles. The Balaban J connectivity index is 1.50. The third-order valence-electron chi connectivity index (χ3n) is 4.80. The van der Waals surface area contributed by atoms with Crippen LogP contribution in [0.25, 0.3) is 0 Å². The van der Waals surface area contributed by atoms with E-state index in [0.29, 0.717) is 30.4 Å². The Kier molecular flexibility index (Phi) is 4.62. The lowest BCUT2D eigenvalue weighted by atomic mass is 9.91. The summed E-state index contributed by atoms with van der Waals surface area (Å²) in [5.41, 5.74) is 9.04. The molecule has 7 nitrogen and oxygen atoms in total. The summed E-state index contributed by atoms with van der Waals surface area (Å²) >= 11 is 0. The zero-order chi connectivity index (χ0) is 17.9. The van der Waals surface area contributed by atoms with Crippen molar-refractivity contribution in [3.8, 4) is 0 Å². The Labute approximate surface area is 151 Å². The van der Waals surface area contributed by atoms with E-state index in [9.17, 15) is 4.79 Å². The first-order valence-corrected chi connectivity index (χ1v) is 8.83. The van der Waals surface area contributed by atoms with Crippen LogP contribution in [-0.2, 0) is 16.1 Å². The van der Waals surface area contributed by atoms with Crippen molar-refractivity contribution < 1.29 is 9.53 Å². The molecule has 1 aromatic heterocycles. The van der Waals surface area contributed by atoms with Crippen LogP contribution in [-0.4, -0.2) is 34.7 Å². The minimum Gasteiger partial charge on any atom is -0.381 e. The van der Waals surface area contributed by atoms with Gasteiger partial charge in [0.25, 0.3) is 0 Å². The van der Waals surface area contributed by atoms with E-state index < -0.39 is 0 Å². The first-order chi connectivity index (χ1) is 12.7. The predicted octanol–water partition coefficient (Wildman–Crippen LogP) is 2.49. The quantitative estimate of drug-likeness (QED) is 0.858. The number of benzene rings is 1. The fourth-order valence-corrected chi connectivity index (χ4v) is 3.40. The third kappa shape index (κ3) is 3.57. The summed E-state index contributed by atoms with van der Waals surface area (Å²) in [6.07, 6.45) is 4.04. The number of aliphatic imine (C=N–C) groups is 1. The first-order valence-electron chi connectivity index (χ1n) is 8.83. The van der Waals surface area contributed by atoms with Crippen LogP contribution in [0.1, 0.15) is 30.4 Å². The highest BCUT2D eigenvalue weighted by Crippen LogP contribution is 2.27. The summed E-state index contributed by atoms with van der Waals surface area (Å²) in [6.45, 7) is 2.05. The number of carbonyl (C=O) groups is 1. The monoisotopic (exact) mass is 351 g/mol. The van der Waals surface area contributed by atoms with Crippen LogP contribution in [0.5, 0.6) is 0 Å². The van der Waals surface area contributed by atoms with E-state index in [1.54, 1.807) is 12.3 Å². The second kappa shape index (κ2) is 7.21. The smallest absolute Gasteiger partial charge is 0.221 e. The van der Waals surface area contributed by atoms with E-state index in [1.807, 2.05) is 18.2 Å². The van der Waals surface area contributed by atoms with Gasteiger partial charge < -0.3 is 15.8 Å². The third-order valence-corrected chi connectivity index (χ3v) is 4.80. The molecule has 0 bridgehead atoms. The highest BCUT2D eigenvalue weighted by Gasteiger charge is 2.26. The average molecular weight is 351 g/mol. The second-order valence-corrected chi connectivity index (χ2v) is 6.64. The van der Waals surface area contributed by atoms with Crippen molar-refractivity contribution in [3.63, 3.8) is 0 Å². The van der Waals surface area contributed by atoms with Crippen molar-refractivity contribution in [2.45, 2.75) is 25.8 Å². The highest BCUT2D eigenvalue weighted by atomic mass is 16.5. The van der Waals surface area contributed by atoms with Gasteiger partial charge in [0.15, 0.2) is 5.78 Å². The topological polar surface area (TPSA) is 102 Å². The fourth-order valence-electron chi connectivity index (χ4n) is 3.40. The van der Waals surface area contributed by atoms with Gasteiger partial charge in [0, 0.05) is 37.1 Å². The molecular weight excluding hydrogens is 330 g/mol. The molecule has 1 aromatic carbocycles. The van der Waals surface area contributed by atoms with Crippen molar-refractivity contribution in [3.05, 3.63) is 41.6 Å². The Morgan fingerprint density at radius 1 is 1.27 bits per heavy atom. The lowest BCUT2D eigenvalue weighted by Crippen LogP contribution is -2.23. The molecule has 0 atom stereocenters. The minimum absolute atomic E-state index is 0.124. The van der Waals surface area contributed by atoms with Gasteiger partial charge in [-0.3, -0.25) is 9.79 Å². The number of Topliss-reactive ketones (excluding diaryl/α,β-unsaturated/α-hetero) is 1. The number of nitrogens with zero attached hydrogens (tertiary/aromatic N) is 3. The lowest BCUT2D eigenvalue weighted by Gasteiger charge is -2.21. The van der Waals surface area contributed by atoms with Crippen LogP contribution in [0.15, 0.2) is 35.5 Å². The molecule has 4 rings (SSSR count). The number of hydrogen-bond donors (Lipinski definition) is 2. The molecule has 2 aliphatic rings. The molecule has 0 saturated carbocycles. The Morgan fingerprint density at radius 2 is 2.12 bits per heavy atom. The van der Waals surface area contributed by atoms with Crippen molar-refractivity contribution in [1.29, 1.82) is 0 Å². The SMILES string of the molecule is Nc1nccc(Nc2ccc3c(c2)C(C(=O)CC2CCOCC2)=NC3)n1. The number of rotatable bonds is 5. The minimum atomic E-state index is 0.124. The van der Waals surface area contributed by atoms with E-state index in [4.69, 9.17) is 10.5 Å². The number of nitrogens with two attached hydrogens (primary N) is 1. The molecule has 0 spiro atoms. The van der Waals surface area contributed by atoms with E-state index in [2.05, 4.69) is 20.3 Å². The molecule has 1 saturated heterocycles. The first kappa shape index (κ1) is 16.7. The largest absolute Gasteiger partial charge is 0.381 e. The molecule has 3 heterocycles. The van der Waals surface area contributed by atoms with Crippen molar-refractivity contribution in [2.75, 3.05) is 24.3 Å². The van der Waals surface area contributed by atoms with Gasteiger partial charge in [-0.05, 0) is 42.5 Å². The maximum Gasteiger partial charge on any atom is 0.221 e. The molecule has 3 N–H and O–H groups in total. The normalized spacial score (nSPS) is 16.8.